The van der Waals surface area contributed by atoms with Crippen molar-refractivity contribution in [1.29, 1.82) is 0 Å². The first kappa shape index (κ1) is 12.8. The van der Waals surface area contributed by atoms with Crippen LogP contribution in [0.2, 0.25) is 0 Å². The molecule has 0 amide bonds. The van der Waals surface area contributed by atoms with Gasteiger partial charge in [0.2, 0.25) is 0 Å². The van der Waals surface area contributed by atoms with Gasteiger partial charge in [-0.1, -0.05) is 12.1 Å². The number of Topliss-reactive ketones (excluding diaryl/α,β-unsaturated/α-hetero) is 1. The molecule has 1 aromatic rings. The average Bonchev–Trinajstić information content (AvgIpc) is 2.17. The largest absolute Gasteiger partial charge is 0.368 e. The van der Waals surface area contributed by atoms with Crippen molar-refractivity contribution >= 4 is 5.78 Å². The molecule has 2 nitrogen and oxygen atoms in total. The molecule has 0 heterocycles. The highest BCUT2D eigenvalue weighted by Gasteiger charge is 2.27. The van der Waals surface area contributed by atoms with E-state index in [1.54, 1.807) is 26.0 Å². The smallest absolute Gasteiger partial charge is 0.168 e. The van der Waals surface area contributed by atoms with Gasteiger partial charge in [-0.15, -0.1) is 0 Å². The minimum atomic E-state index is -0.804. The number of ether oxygens (including phenoxy) is 1. The Labute approximate surface area is 95.4 Å². The zero-order chi connectivity index (χ0) is 12.2. The molecule has 0 aromatic heterocycles. The van der Waals surface area contributed by atoms with Crippen molar-refractivity contribution in [3.8, 4) is 0 Å². The van der Waals surface area contributed by atoms with E-state index in [1.165, 1.54) is 12.1 Å². The Hall–Kier alpha value is -1.22. The summed E-state index contributed by atoms with van der Waals surface area (Å²) in [6.07, 6.45) is 0.199. The van der Waals surface area contributed by atoms with Crippen LogP contribution in [0.15, 0.2) is 24.3 Å². The normalized spacial score (nSPS) is 11.5. The third-order valence-electron chi connectivity index (χ3n) is 2.43. The molecule has 0 saturated heterocycles. The molecule has 1 aromatic carbocycles. The Morgan fingerprint density at radius 3 is 2.69 bits per heavy atom. The van der Waals surface area contributed by atoms with Gasteiger partial charge >= 0.3 is 0 Å². The van der Waals surface area contributed by atoms with Crippen LogP contribution in [0.3, 0.4) is 0 Å². The Bertz CT molecular complexity index is 372. The lowest BCUT2D eigenvalue weighted by molar-refractivity contribution is -0.139. The van der Waals surface area contributed by atoms with Crippen LogP contribution < -0.4 is 0 Å². The van der Waals surface area contributed by atoms with Gasteiger partial charge in [-0.3, -0.25) is 4.79 Å². The highest BCUT2D eigenvalue weighted by molar-refractivity contribution is 5.88. The molecule has 0 bridgehead atoms. The number of hydrogen-bond acceptors (Lipinski definition) is 2. The van der Waals surface area contributed by atoms with E-state index in [2.05, 4.69) is 0 Å². The highest BCUT2D eigenvalue weighted by atomic mass is 19.1. The second kappa shape index (κ2) is 5.21. The summed E-state index contributed by atoms with van der Waals surface area (Å²) in [4.78, 5) is 11.9. The number of benzene rings is 1. The molecule has 0 aliphatic heterocycles. The lowest BCUT2D eigenvalue weighted by Crippen LogP contribution is -2.36. The summed E-state index contributed by atoms with van der Waals surface area (Å²) in [5.41, 5.74) is -0.126. The first-order chi connectivity index (χ1) is 7.45. The quantitative estimate of drug-likeness (QED) is 0.768. The van der Waals surface area contributed by atoms with E-state index in [0.29, 0.717) is 12.2 Å². The molecule has 0 saturated carbocycles. The van der Waals surface area contributed by atoms with Gasteiger partial charge in [-0.25, -0.2) is 4.39 Å². The van der Waals surface area contributed by atoms with Crippen LogP contribution in [-0.4, -0.2) is 18.0 Å². The fourth-order valence-electron chi connectivity index (χ4n) is 1.49. The molecule has 0 atom stereocenters. The number of hydrogen-bond donors (Lipinski definition) is 0. The predicted molar refractivity (Wildman–Crippen MR) is 60.8 cm³/mol. The van der Waals surface area contributed by atoms with Gasteiger partial charge < -0.3 is 4.74 Å². The van der Waals surface area contributed by atoms with Gasteiger partial charge in [0.05, 0.1) is 0 Å². The van der Waals surface area contributed by atoms with E-state index in [1.807, 2.05) is 6.92 Å². The maximum Gasteiger partial charge on any atom is 0.168 e. The highest BCUT2D eigenvalue weighted by Crippen LogP contribution is 2.15. The molecule has 0 aliphatic carbocycles. The Morgan fingerprint density at radius 1 is 1.44 bits per heavy atom. The minimum absolute atomic E-state index is 0.0417. The van der Waals surface area contributed by atoms with Crippen LogP contribution in [0.4, 0.5) is 4.39 Å². The summed E-state index contributed by atoms with van der Waals surface area (Å²) in [6, 6.07) is 6.08. The zero-order valence-electron chi connectivity index (χ0n) is 9.92. The van der Waals surface area contributed by atoms with Crippen molar-refractivity contribution in [2.24, 2.45) is 0 Å². The number of ketones is 1. The van der Waals surface area contributed by atoms with Crippen LogP contribution in [0.5, 0.6) is 0 Å². The molecule has 0 N–H and O–H groups in total. The molecule has 88 valence electrons. The standard InChI is InChI=1S/C13H17FO2/c1-4-16-13(2,3)12(15)9-10-6-5-7-11(14)8-10/h5-8H,4,9H2,1-3H3. The number of carbonyl (C=O) groups excluding carboxylic acids is 1. The summed E-state index contributed by atoms with van der Waals surface area (Å²) in [5.74, 6) is -0.362. The molecular formula is C13H17FO2. The second-order valence-electron chi connectivity index (χ2n) is 4.17. The van der Waals surface area contributed by atoms with E-state index in [9.17, 15) is 9.18 Å². The van der Waals surface area contributed by atoms with Crippen molar-refractivity contribution in [2.45, 2.75) is 32.8 Å². The summed E-state index contributed by atoms with van der Waals surface area (Å²) in [5, 5.41) is 0. The van der Waals surface area contributed by atoms with E-state index in [4.69, 9.17) is 4.74 Å². The van der Waals surface area contributed by atoms with Crippen molar-refractivity contribution in [3.63, 3.8) is 0 Å². The lowest BCUT2D eigenvalue weighted by atomic mass is 9.97. The third-order valence-corrected chi connectivity index (χ3v) is 2.43. The number of carbonyl (C=O) groups is 1. The van der Waals surface area contributed by atoms with Crippen LogP contribution in [0.1, 0.15) is 26.3 Å². The first-order valence-corrected chi connectivity index (χ1v) is 5.37. The van der Waals surface area contributed by atoms with Gasteiger partial charge in [0, 0.05) is 13.0 Å². The SMILES string of the molecule is CCOC(C)(C)C(=O)Cc1cccc(F)c1. The Kier molecular flexibility index (Phi) is 4.19. The van der Waals surface area contributed by atoms with Crippen LogP contribution in [0.25, 0.3) is 0 Å². The van der Waals surface area contributed by atoms with E-state index < -0.39 is 5.60 Å². The molecule has 3 heteroatoms. The minimum Gasteiger partial charge on any atom is -0.368 e. The van der Waals surface area contributed by atoms with E-state index >= 15 is 0 Å². The molecule has 0 spiro atoms. The van der Waals surface area contributed by atoms with Crippen molar-refractivity contribution in [3.05, 3.63) is 35.6 Å². The first-order valence-electron chi connectivity index (χ1n) is 5.37. The molecule has 16 heavy (non-hydrogen) atoms. The summed E-state index contributed by atoms with van der Waals surface area (Å²) >= 11 is 0. The summed E-state index contributed by atoms with van der Waals surface area (Å²) in [7, 11) is 0. The summed E-state index contributed by atoms with van der Waals surface area (Å²) < 4.78 is 18.3. The molecule has 0 unspecified atom stereocenters. The van der Waals surface area contributed by atoms with E-state index in [-0.39, 0.29) is 18.0 Å². The Morgan fingerprint density at radius 2 is 2.12 bits per heavy atom. The number of halogens is 1. The third kappa shape index (κ3) is 3.42. The van der Waals surface area contributed by atoms with Crippen LogP contribution in [0, 0.1) is 5.82 Å². The zero-order valence-corrected chi connectivity index (χ0v) is 9.92. The van der Waals surface area contributed by atoms with Crippen molar-refractivity contribution < 1.29 is 13.9 Å². The number of rotatable bonds is 5. The van der Waals surface area contributed by atoms with Crippen LogP contribution in [-0.2, 0) is 16.0 Å². The van der Waals surface area contributed by atoms with Crippen molar-refractivity contribution in [1.82, 2.24) is 0 Å². The fraction of sp³-hybridized carbons (Fsp3) is 0.462. The Balaban J connectivity index is 2.71. The maximum absolute atomic E-state index is 12.9. The van der Waals surface area contributed by atoms with Gasteiger partial charge in [0.25, 0.3) is 0 Å². The molecule has 0 aliphatic rings. The predicted octanol–water partition coefficient (Wildman–Crippen LogP) is 2.75. The van der Waals surface area contributed by atoms with Crippen LogP contribution >= 0.6 is 0 Å². The fourth-order valence-corrected chi connectivity index (χ4v) is 1.49. The van der Waals surface area contributed by atoms with Gasteiger partial charge in [-0.05, 0) is 38.5 Å². The molecular weight excluding hydrogens is 207 g/mol. The van der Waals surface area contributed by atoms with Crippen molar-refractivity contribution in [2.75, 3.05) is 6.61 Å². The molecule has 1 rings (SSSR count). The van der Waals surface area contributed by atoms with Gasteiger partial charge in [-0.2, -0.15) is 0 Å². The van der Waals surface area contributed by atoms with E-state index in [0.717, 1.165) is 0 Å². The monoisotopic (exact) mass is 224 g/mol. The molecule has 0 radical (unpaired) electrons. The summed E-state index contributed by atoms with van der Waals surface area (Å²) in [6.45, 7) is 5.80. The second-order valence-corrected chi connectivity index (χ2v) is 4.17. The lowest BCUT2D eigenvalue weighted by Gasteiger charge is -2.22. The van der Waals surface area contributed by atoms with Gasteiger partial charge in [0.15, 0.2) is 5.78 Å². The maximum atomic E-state index is 12.9. The average molecular weight is 224 g/mol. The van der Waals surface area contributed by atoms with Gasteiger partial charge in [0.1, 0.15) is 11.4 Å². The topological polar surface area (TPSA) is 26.3 Å². The molecule has 0 fully saturated rings.